The number of hydrogen-bond donors (Lipinski definition) is 3. The molecule has 1 heterocycles. The molecule has 0 aliphatic heterocycles. The molecule has 1 aromatic heterocycles. The molecule has 1 fully saturated rings. The SMILES string of the molecule is COc1cc(C(=O)NS(=O)(=O)c2ccccc2)ccc1C(C)c1c[nH]c2ccc(NC(=O)OC3CCCC3)cc12. The largest absolute Gasteiger partial charge is 0.496 e. The van der Waals surface area contributed by atoms with Gasteiger partial charge in [0, 0.05) is 39.8 Å². The quantitative estimate of drug-likeness (QED) is 0.244. The molecule has 0 spiro atoms. The second kappa shape index (κ2) is 11.4. The van der Waals surface area contributed by atoms with E-state index in [9.17, 15) is 18.0 Å². The summed E-state index contributed by atoms with van der Waals surface area (Å²) in [5, 5.41) is 3.76. The van der Waals surface area contributed by atoms with Gasteiger partial charge in [-0.15, -0.1) is 0 Å². The highest BCUT2D eigenvalue weighted by Crippen LogP contribution is 2.36. The average molecular weight is 562 g/mol. The van der Waals surface area contributed by atoms with Crippen LogP contribution >= 0.6 is 0 Å². The summed E-state index contributed by atoms with van der Waals surface area (Å²) < 4.78 is 38.5. The van der Waals surface area contributed by atoms with Gasteiger partial charge >= 0.3 is 6.09 Å². The number of ether oxygens (including phenoxy) is 2. The normalized spacial score (nSPS) is 14.6. The molecule has 2 amide bonds. The van der Waals surface area contributed by atoms with Gasteiger partial charge in [0.1, 0.15) is 11.9 Å². The van der Waals surface area contributed by atoms with Crippen molar-refractivity contribution in [1.82, 2.24) is 9.71 Å². The summed E-state index contributed by atoms with van der Waals surface area (Å²) in [7, 11) is -2.52. The van der Waals surface area contributed by atoms with Crippen LogP contribution in [0.15, 0.2) is 77.8 Å². The van der Waals surface area contributed by atoms with E-state index >= 15 is 0 Å². The fraction of sp³-hybridized carbons (Fsp3) is 0.267. The van der Waals surface area contributed by atoms with E-state index in [1.807, 2.05) is 31.3 Å². The second-order valence-corrected chi connectivity index (χ2v) is 11.5. The van der Waals surface area contributed by atoms with Gasteiger partial charge in [0.05, 0.1) is 12.0 Å². The van der Waals surface area contributed by atoms with E-state index < -0.39 is 22.0 Å². The highest BCUT2D eigenvalue weighted by Gasteiger charge is 2.23. The Morgan fingerprint density at radius 3 is 2.45 bits per heavy atom. The van der Waals surface area contributed by atoms with Crippen LogP contribution in [0.4, 0.5) is 10.5 Å². The highest BCUT2D eigenvalue weighted by atomic mass is 32.2. The molecule has 1 unspecified atom stereocenters. The fourth-order valence-corrected chi connectivity index (χ4v) is 6.10. The third-order valence-corrected chi connectivity index (χ3v) is 8.59. The Balaban J connectivity index is 1.36. The van der Waals surface area contributed by atoms with Crippen molar-refractivity contribution in [3.8, 4) is 5.75 Å². The van der Waals surface area contributed by atoms with Gasteiger partial charge in [-0.1, -0.05) is 31.2 Å². The van der Waals surface area contributed by atoms with Gasteiger partial charge < -0.3 is 14.5 Å². The van der Waals surface area contributed by atoms with Crippen LogP contribution in [0.1, 0.15) is 60.0 Å². The topological polar surface area (TPSA) is 127 Å². The number of aromatic amines is 1. The summed E-state index contributed by atoms with van der Waals surface area (Å²) in [6, 6.07) is 18.2. The minimum atomic E-state index is -4.02. The molecule has 1 aliphatic rings. The first kappa shape index (κ1) is 27.3. The number of amides is 2. The van der Waals surface area contributed by atoms with Crippen LogP contribution in [0.5, 0.6) is 5.75 Å². The number of methoxy groups -OCH3 is 1. The summed E-state index contributed by atoms with van der Waals surface area (Å²) in [5.74, 6) is -0.468. The van der Waals surface area contributed by atoms with Crippen LogP contribution in [0, 0.1) is 0 Å². The first-order chi connectivity index (χ1) is 19.2. The van der Waals surface area contributed by atoms with Gasteiger partial charge in [-0.05, 0) is 73.7 Å². The van der Waals surface area contributed by atoms with Crippen LogP contribution < -0.4 is 14.8 Å². The van der Waals surface area contributed by atoms with Crippen LogP contribution in [0.2, 0.25) is 0 Å². The predicted octanol–water partition coefficient (Wildman–Crippen LogP) is 5.94. The van der Waals surface area contributed by atoms with Crippen LogP contribution in [0.25, 0.3) is 10.9 Å². The third kappa shape index (κ3) is 5.81. The Labute approximate surface area is 232 Å². The van der Waals surface area contributed by atoms with Crippen molar-refractivity contribution in [2.24, 2.45) is 0 Å². The predicted molar refractivity (Wildman–Crippen MR) is 152 cm³/mol. The molecule has 3 N–H and O–H groups in total. The van der Waals surface area contributed by atoms with Crippen molar-refractivity contribution in [1.29, 1.82) is 0 Å². The number of aromatic nitrogens is 1. The number of fused-ring (bicyclic) bond motifs is 1. The zero-order chi connectivity index (χ0) is 28.3. The van der Waals surface area contributed by atoms with Gasteiger partial charge in [-0.25, -0.2) is 17.9 Å². The minimum absolute atomic E-state index is 0.000510. The van der Waals surface area contributed by atoms with E-state index in [1.165, 1.54) is 25.3 Å². The van der Waals surface area contributed by atoms with Crippen LogP contribution in [-0.4, -0.2) is 38.6 Å². The Bertz CT molecular complexity index is 1640. The van der Waals surface area contributed by atoms with E-state index in [2.05, 4.69) is 15.0 Å². The maximum Gasteiger partial charge on any atom is 0.411 e. The lowest BCUT2D eigenvalue weighted by Gasteiger charge is -2.17. The van der Waals surface area contributed by atoms with Crippen molar-refractivity contribution in [3.63, 3.8) is 0 Å². The molecule has 1 saturated carbocycles. The van der Waals surface area contributed by atoms with Gasteiger partial charge in [-0.2, -0.15) is 0 Å². The lowest BCUT2D eigenvalue weighted by atomic mass is 9.91. The van der Waals surface area contributed by atoms with Crippen LogP contribution in [0.3, 0.4) is 0 Å². The molecule has 3 aromatic carbocycles. The third-order valence-electron chi connectivity index (χ3n) is 7.25. The molecule has 208 valence electrons. The lowest BCUT2D eigenvalue weighted by molar-refractivity contribution is 0.0980. The highest BCUT2D eigenvalue weighted by molar-refractivity contribution is 7.90. The van der Waals surface area contributed by atoms with Crippen molar-refractivity contribution >= 4 is 38.6 Å². The maximum atomic E-state index is 12.8. The van der Waals surface area contributed by atoms with Crippen LogP contribution in [-0.2, 0) is 14.8 Å². The molecular weight excluding hydrogens is 530 g/mol. The Kier molecular flexibility index (Phi) is 7.79. The summed E-state index contributed by atoms with van der Waals surface area (Å²) in [5.41, 5.74) is 3.45. The number of sulfonamides is 1. The van der Waals surface area contributed by atoms with Gasteiger partial charge in [0.15, 0.2) is 0 Å². The molecule has 0 saturated heterocycles. The monoisotopic (exact) mass is 561 g/mol. The van der Waals surface area contributed by atoms with Crippen molar-refractivity contribution in [2.75, 3.05) is 12.4 Å². The summed E-state index contributed by atoms with van der Waals surface area (Å²) in [4.78, 5) is 28.5. The number of benzene rings is 3. The van der Waals surface area contributed by atoms with Gasteiger partial charge in [0.25, 0.3) is 15.9 Å². The Morgan fingerprint density at radius 1 is 0.975 bits per heavy atom. The summed E-state index contributed by atoms with van der Waals surface area (Å²) in [6.07, 6.45) is 5.38. The number of nitrogens with one attached hydrogen (secondary N) is 3. The Morgan fingerprint density at radius 2 is 1.73 bits per heavy atom. The molecule has 4 aromatic rings. The fourth-order valence-electron chi connectivity index (χ4n) is 5.10. The smallest absolute Gasteiger partial charge is 0.411 e. The molecule has 40 heavy (non-hydrogen) atoms. The number of carbonyl (C=O) groups excluding carboxylic acids is 2. The number of rotatable bonds is 8. The Hall–Kier alpha value is -4.31. The molecule has 1 atom stereocenters. The minimum Gasteiger partial charge on any atom is -0.496 e. The van der Waals surface area contributed by atoms with Gasteiger partial charge in [-0.3, -0.25) is 10.1 Å². The standard InChI is InChI=1S/C30H31N3O6S/c1-19(26-18-31-27-15-13-21(17-25(26)27)32-30(35)39-22-8-6-7-9-22)24-14-12-20(16-28(24)38-2)29(34)33-40(36,37)23-10-4-3-5-11-23/h3-5,10-19,22,31H,6-9H2,1-2H3,(H,32,35)(H,33,34). The van der Waals surface area contributed by atoms with E-state index in [-0.39, 0.29) is 22.5 Å². The number of hydrogen-bond acceptors (Lipinski definition) is 6. The number of carbonyl (C=O) groups is 2. The van der Waals surface area contributed by atoms with E-state index in [0.717, 1.165) is 47.7 Å². The van der Waals surface area contributed by atoms with Gasteiger partial charge in [0.2, 0.25) is 0 Å². The zero-order valence-corrected chi connectivity index (χ0v) is 23.1. The average Bonchev–Trinajstić information content (AvgIpc) is 3.62. The molecule has 0 bridgehead atoms. The summed E-state index contributed by atoms with van der Waals surface area (Å²) >= 11 is 0. The molecule has 0 radical (unpaired) electrons. The van der Waals surface area contributed by atoms with Crippen molar-refractivity contribution in [2.45, 2.75) is 49.5 Å². The first-order valence-corrected chi connectivity index (χ1v) is 14.6. The van der Waals surface area contributed by atoms with Crippen molar-refractivity contribution < 1.29 is 27.5 Å². The van der Waals surface area contributed by atoms with E-state index in [1.54, 1.807) is 30.3 Å². The number of anilines is 1. The molecule has 10 heteroatoms. The maximum absolute atomic E-state index is 12.8. The molecule has 5 rings (SSSR count). The first-order valence-electron chi connectivity index (χ1n) is 13.1. The molecule has 9 nitrogen and oxygen atoms in total. The van der Waals surface area contributed by atoms with E-state index in [4.69, 9.17) is 9.47 Å². The number of H-pyrrole nitrogens is 1. The van der Waals surface area contributed by atoms with Crippen molar-refractivity contribution in [3.05, 3.63) is 89.6 Å². The second-order valence-electron chi connectivity index (χ2n) is 9.87. The lowest BCUT2D eigenvalue weighted by Crippen LogP contribution is -2.30. The van der Waals surface area contributed by atoms with E-state index in [0.29, 0.717) is 11.4 Å². The molecule has 1 aliphatic carbocycles. The molecular formula is C30H31N3O6S. The summed E-state index contributed by atoms with van der Waals surface area (Å²) in [6.45, 7) is 2.01. The zero-order valence-electron chi connectivity index (χ0n) is 22.3.